The number of amides is 1. The van der Waals surface area contributed by atoms with Crippen molar-refractivity contribution in [2.75, 3.05) is 6.54 Å². The summed E-state index contributed by atoms with van der Waals surface area (Å²) in [5.74, 6) is -2.20. The lowest BCUT2D eigenvalue weighted by atomic mass is 10.1. The fourth-order valence-electron chi connectivity index (χ4n) is 3.04. The third kappa shape index (κ3) is 6.45. The first-order valence-electron chi connectivity index (χ1n) is 9.71. The molecule has 3 aromatic carbocycles. The second kappa shape index (κ2) is 10.8. The van der Waals surface area contributed by atoms with Gasteiger partial charge in [-0.3, -0.25) is 9.59 Å². The summed E-state index contributed by atoms with van der Waals surface area (Å²) in [6.45, 7) is 0.242. The van der Waals surface area contributed by atoms with E-state index in [2.05, 4.69) is 5.32 Å². The van der Waals surface area contributed by atoms with Gasteiger partial charge in [-0.15, -0.1) is 0 Å². The van der Waals surface area contributed by atoms with Crippen LogP contribution in [0.1, 0.15) is 27.0 Å². The number of hydrogen-bond acceptors (Lipinski definition) is 4. The molecule has 0 atom stereocenters. The van der Waals surface area contributed by atoms with Crippen LogP contribution in [0.3, 0.4) is 0 Å². The number of carbonyl (C=O) groups excluding carboxylic acids is 1. The Labute approximate surface area is 199 Å². The summed E-state index contributed by atoms with van der Waals surface area (Å²) < 4.78 is 20.1. The topological polar surface area (TPSA) is 99.4 Å². The summed E-state index contributed by atoms with van der Waals surface area (Å²) in [5.41, 5.74) is 1.18. The van der Waals surface area contributed by atoms with Crippen molar-refractivity contribution in [3.8, 4) is 17.6 Å². The molecule has 0 saturated heterocycles. The first kappa shape index (κ1) is 24.1. The second-order valence-corrected chi connectivity index (χ2v) is 7.84. The highest BCUT2D eigenvalue weighted by Crippen LogP contribution is 2.27. The van der Waals surface area contributed by atoms with Crippen molar-refractivity contribution in [1.82, 2.24) is 5.32 Å². The van der Waals surface area contributed by atoms with E-state index in [-0.39, 0.29) is 35.6 Å². The highest BCUT2D eigenvalue weighted by Gasteiger charge is 2.14. The molecule has 0 unspecified atom stereocenters. The van der Waals surface area contributed by atoms with Gasteiger partial charge in [-0.1, -0.05) is 35.3 Å². The monoisotopic (exact) mass is 486 g/mol. The molecule has 3 rings (SSSR count). The van der Waals surface area contributed by atoms with E-state index < -0.39 is 17.7 Å². The molecule has 2 N–H and O–H groups in total. The molecule has 0 spiro atoms. The summed E-state index contributed by atoms with van der Waals surface area (Å²) in [4.78, 5) is 23.2. The van der Waals surface area contributed by atoms with Crippen molar-refractivity contribution < 1.29 is 23.8 Å². The number of carbonyl (C=O) groups is 2. The lowest BCUT2D eigenvalue weighted by Gasteiger charge is -2.11. The Morgan fingerprint density at radius 1 is 1.09 bits per heavy atom. The number of benzene rings is 3. The van der Waals surface area contributed by atoms with Crippen molar-refractivity contribution in [3.63, 3.8) is 0 Å². The summed E-state index contributed by atoms with van der Waals surface area (Å²) >= 11 is 12.0. The third-order valence-corrected chi connectivity index (χ3v) is 5.21. The third-order valence-electron chi connectivity index (χ3n) is 4.63. The number of nitriles is 1. The normalized spacial score (nSPS) is 10.4. The minimum atomic E-state index is -1.03. The minimum Gasteiger partial charge on any atom is -0.481 e. The maximum atomic E-state index is 14.5. The SMILES string of the molecule is N#Cc1cc(CC(=O)O)ccc1Oc1ccc(C(=O)NCCc2ccc(Cl)cc2Cl)c(F)c1. The van der Waals surface area contributed by atoms with Gasteiger partial charge < -0.3 is 15.2 Å². The number of carboxylic acid groups (broad SMARTS) is 1. The Morgan fingerprint density at radius 3 is 2.55 bits per heavy atom. The molecule has 0 aliphatic carbocycles. The van der Waals surface area contributed by atoms with Crippen LogP contribution in [0.25, 0.3) is 0 Å². The molecule has 0 fully saturated rings. The molecule has 0 heterocycles. The Morgan fingerprint density at radius 2 is 1.88 bits per heavy atom. The molecule has 0 radical (unpaired) electrons. The van der Waals surface area contributed by atoms with Gasteiger partial charge in [0, 0.05) is 22.7 Å². The zero-order chi connectivity index (χ0) is 24.0. The van der Waals surface area contributed by atoms with Crippen molar-refractivity contribution in [2.24, 2.45) is 0 Å². The number of hydrogen-bond donors (Lipinski definition) is 2. The molecule has 0 aliphatic heterocycles. The lowest BCUT2D eigenvalue weighted by Crippen LogP contribution is -2.26. The van der Waals surface area contributed by atoms with E-state index in [0.29, 0.717) is 22.0 Å². The molecule has 6 nitrogen and oxygen atoms in total. The Balaban J connectivity index is 1.65. The number of aliphatic carboxylic acids is 1. The number of ether oxygens (including phenoxy) is 1. The molecule has 168 valence electrons. The van der Waals surface area contributed by atoms with Crippen molar-refractivity contribution >= 4 is 35.1 Å². The fraction of sp³-hybridized carbons (Fsp3) is 0.125. The summed E-state index contributed by atoms with van der Waals surface area (Å²) in [5, 5.41) is 21.8. The molecule has 0 aliphatic rings. The molecule has 0 saturated carbocycles. The van der Waals surface area contributed by atoms with Crippen LogP contribution in [0.5, 0.6) is 11.5 Å². The predicted octanol–water partition coefficient (Wildman–Crippen LogP) is 5.40. The standard InChI is InChI=1S/C24H17Cl2FN2O4/c25-17-3-2-15(20(26)11-17)7-8-29-24(32)19-5-4-18(12-21(19)27)33-22-6-1-14(10-23(30)31)9-16(22)13-28/h1-6,9,11-12H,7-8,10H2,(H,29,32)(H,30,31). The zero-order valence-electron chi connectivity index (χ0n) is 17.1. The Bertz CT molecular complexity index is 1260. The van der Waals surface area contributed by atoms with Crippen LogP contribution in [0, 0.1) is 17.1 Å². The van der Waals surface area contributed by atoms with Crippen LogP contribution in [-0.2, 0) is 17.6 Å². The first-order valence-corrected chi connectivity index (χ1v) is 10.5. The van der Waals surface area contributed by atoms with Gasteiger partial charge in [-0.2, -0.15) is 5.26 Å². The number of rotatable bonds is 8. The lowest BCUT2D eigenvalue weighted by molar-refractivity contribution is -0.136. The molecule has 0 aromatic heterocycles. The van der Waals surface area contributed by atoms with Crippen LogP contribution in [0.15, 0.2) is 54.6 Å². The average molecular weight is 487 g/mol. The quantitative estimate of drug-likeness (QED) is 0.444. The van der Waals surface area contributed by atoms with Gasteiger partial charge in [0.05, 0.1) is 17.5 Å². The Hall–Kier alpha value is -3.60. The molecule has 33 heavy (non-hydrogen) atoms. The van der Waals surface area contributed by atoms with Crippen LogP contribution in [0.2, 0.25) is 10.0 Å². The van der Waals surface area contributed by atoms with Crippen molar-refractivity contribution in [1.29, 1.82) is 5.26 Å². The van der Waals surface area contributed by atoms with Gasteiger partial charge in [0.1, 0.15) is 23.4 Å². The molecular weight excluding hydrogens is 470 g/mol. The zero-order valence-corrected chi connectivity index (χ0v) is 18.6. The van der Waals surface area contributed by atoms with E-state index >= 15 is 0 Å². The van der Waals surface area contributed by atoms with E-state index in [0.717, 1.165) is 11.6 Å². The number of nitrogens with zero attached hydrogens (tertiary/aromatic N) is 1. The highest BCUT2D eigenvalue weighted by molar-refractivity contribution is 6.35. The van der Waals surface area contributed by atoms with Crippen LogP contribution < -0.4 is 10.1 Å². The van der Waals surface area contributed by atoms with Gasteiger partial charge in [-0.05, 0) is 53.9 Å². The second-order valence-electron chi connectivity index (χ2n) is 7.00. The van der Waals surface area contributed by atoms with Crippen molar-refractivity contribution in [3.05, 3.63) is 92.7 Å². The molecule has 9 heteroatoms. The van der Waals surface area contributed by atoms with Gasteiger partial charge in [0.2, 0.25) is 0 Å². The van der Waals surface area contributed by atoms with Crippen molar-refractivity contribution in [2.45, 2.75) is 12.8 Å². The predicted molar refractivity (Wildman–Crippen MR) is 121 cm³/mol. The summed E-state index contributed by atoms with van der Waals surface area (Å²) in [6, 6.07) is 15.1. The minimum absolute atomic E-state index is 0.0829. The molecular formula is C24H17Cl2FN2O4. The van der Waals surface area contributed by atoms with E-state index in [1.54, 1.807) is 18.2 Å². The van der Waals surface area contributed by atoms with Gasteiger partial charge in [-0.25, -0.2) is 4.39 Å². The van der Waals surface area contributed by atoms with Gasteiger partial charge in [0.25, 0.3) is 5.91 Å². The Kier molecular flexibility index (Phi) is 7.88. The maximum Gasteiger partial charge on any atom is 0.307 e. The number of nitrogens with one attached hydrogen (secondary N) is 1. The van der Waals surface area contributed by atoms with Crippen LogP contribution in [0.4, 0.5) is 4.39 Å². The molecule has 1 amide bonds. The van der Waals surface area contributed by atoms with Crippen LogP contribution >= 0.6 is 23.2 Å². The summed E-state index contributed by atoms with van der Waals surface area (Å²) in [7, 11) is 0. The fourth-order valence-corrected chi connectivity index (χ4v) is 3.54. The van der Waals surface area contributed by atoms with E-state index in [4.69, 9.17) is 33.0 Å². The first-order chi connectivity index (χ1) is 15.8. The summed E-state index contributed by atoms with van der Waals surface area (Å²) in [6.07, 6.45) is 0.205. The maximum absolute atomic E-state index is 14.5. The van der Waals surface area contributed by atoms with Gasteiger partial charge in [0.15, 0.2) is 0 Å². The number of halogens is 3. The van der Waals surface area contributed by atoms with E-state index in [1.807, 2.05) is 6.07 Å². The van der Waals surface area contributed by atoms with Crippen LogP contribution in [-0.4, -0.2) is 23.5 Å². The highest BCUT2D eigenvalue weighted by atomic mass is 35.5. The van der Waals surface area contributed by atoms with Gasteiger partial charge >= 0.3 is 5.97 Å². The molecule has 0 bridgehead atoms. The largest absolute Gasteiger partial charge is 0.481 e. The van der Waals surface area contributed by atoms with E-state index in [9.17, 15) is 19.2 Å². The number of carboxylic acids is 1. The smallest absolute Gasteiger partial charge is 0.307 e. The van der Waals surface area contributed by atoms with E-state index in [1.165, 1.54) is 30.3 Å². The average Bonchev–Trinajstić information content (AvgIpc) is 2.76. The molecule has 3 aromatic rings.